The van der Waals surface area contributed by atoms with Crippen LogP contribution >= 0.6 is 7.60 Å². The van der Waals surface area contributed by atoms with Crippen LogP contribution in [-0.2, 0) is 32.7 Å². The first-order valence-corrected chi connectivity index (χ1v) is 16.1. The van der Waals surface area contributed by atoms with Crippen molar-refractivity contribution in [2.75, 3.05) is 26.4 Å². The lowest BCUT2D eigenvalue weighted by molar-refractivity contribution is -0.142. The topological polar surface area (TPSA) is 133 Å². The summed E-state index contributed by atoms with van der Waals surface area (Å²) in [6.07, 6.45) is 4.75. The van der Waals surface area contributed by atoms with Crippen LogP contribution in [0.4, 0.5) is 4.79 Å². The summed E-state index contributed by atoms with van der Waals surface area (Å²) in [6, 6.07) is -1.84. The Labute approximate surface area is 238 Å². The molecule has 3 fully saturated rings. The third-order valence-corrected chi connectivity index (χ3v) is 10.7. The standard InChI is InChI=1S/C28H48N3O8P/c1-8-19-17-28(19,40(35,37-10-3)38-11-4)30-24(32)22-16-21(36-9-2)18-31(22)25(33)23(27(5,6)7)29-26(34)39-20-14-12-13-15-20/h8,19-23H,1,9-18H2,2-7H3,(H,29,34)(H,30,32)/t19-,21-,22+,23-,28+/m1/s1. The summed E-state index contributed by atoms with van der Waals surface area (Å²) in [7, 11) is -3.74. The minimum absolute atomic E-state index is 0.148. The first kappa shape index (κ1) is 32.6. The van der Waals surface area contributed by atoms with E-state index in [1.54, 1.807) is 19.9 Å². The van der Waals surface area contributed by atoms with E-state index in [9.17, 15) is 18.9 Å². The van der Waals surface area contributed by atoms with Crippen molar-refractivity contribution in [3.05, 3.63) is 12.7 Å². The number of hydrogen-bond acceptors (Lipinski definition) is 8. The van der Waals surface area contributed by atoms with E-state index in [2.05, 4.69) is 17.2 Å². The predicted molar refractivity (Wildman–Crippen MR) is 151 cm³/mol. The molecule has 1 heterocycles. The summed E-state index contributed by atoms with van der Waals surface area (Å²) in [4.78, 5) is 42.1. The van der Waals surface area contributed by atoms with E-state index in [1.165, 1.54) is 4.90 Å². The molecule has 2 aliphatic carbocycles. The number of ether oxygens (including phenoxy) is 2. The monoisotopic (exact) mass is 585 g/mol. The molecule has 3 aliphatic rings. The van der Waals surface area contributed by atoms with E-state index < -0.39 is 48.3 Å². The number of nitrogens with zero attached hydrogens (tertiary/aromatic N) is 1. The number of hydrogen-bond donors (Lipinski definition) is 2. The molecule has 2 N–H and O–H groups in total. The number of carbonyl (C=O) groups is 3. The summed E-state index contributed by atoms with van der Waals surface area (Å²) in [5.74, 6) is -1.18. The molecular weight excluding hydrogens is 537 g/mol. The molecule has 3 amide bonds. The summed E-state index contributed by atoms with van der Waals surface area (Å²) < 4.78 is 36.5. The maximum atomic E-state index is 14.0. The molecular formula is C28H48N3O8P. The molecule has 3 rings (SSSR count). The van der Waals surface area contributed by atoms with Crippen LogP contribution in [0, 0.1) is 11.3 Å². The zero-order valence-electron chi connectivity index (χ0n) is 24.9. The number of likely N-dealkylation sites (tertiary alicyclic amines) is 1. The Hall–Kier alpha value is -1.94. The summed E-state index contributed by atoms with van der Waals surface area (Å²) >= 11 is 0. The Morgan fingerprint density at radius 2 is 1.70 bits per heavy atom. The first-order chi connectivity index (χ1) is 18.9. The first-order valence-electron chi connectivity index (χ1n) is 14.6. The van der Waals surface area contributed by atoms with Gasteiger partial charge in [-0.25, -0.2) is 4.79 Å². The van der Waals surface area contributed by atoms with Crippen molar-refractivity contribution in [1.29, 1.82) is 0 Å². The van der Waals surface area contributed by atoms with Gasteiger partial charge in [0, 0.05) is 25.5 Å². The lowest BCUT2D eigenvalue weighted by atomic mass is 9.85. The van der Waals surface area contributed by atoms with Gasteiger partial charge in [-0.3, -0.25) is 14.2 Å². The molecule has 0 aromatic rings. The molecule has 0 spiro atoms. The molecule has 12 heteroatoms. The summed E-state index contributed by atoms with van der Waals surface area (Å²) in [5, 5.41) is 4.48. The minimum atomic E-state index is -3.74. The second-order valence-electron chi connectivity index (χ2n) is 11.9. The van der Waals surface area contributed by atoms with Crippen LogP contribution < -0.4 is 10.6 Å². The van der Waals surface area contributed by atoms with Crippen molar-refractivity contribution in [3.8, 4) is 0 Å². The van der Waals surface area contributed by atoms with Crippen molar-refractivity contribution < 1.29 is 37.5 Å². The van der Waals surface area contributed by atoms with Crippen molar-refractivity contribution in [2.24, 2.45) is 11.3 Å². The van der Waals surface area contributed by atoms with Gasteiger partial charge in [-0.05, 0) is 58.3 Å². The number of rotatable bonds is 13. The van der Waals surface area contributed by atoms with E-state index in [0.29, 0.717) is 13.0 Å². The van der Waals surface area contributed by atoms with E-state index in [1.807, 2.05) is 27.7 Å². The molecule has 2 saturated carbocycles. The van der Waals surface area contributed by atoms with Crippen LogP contribution in [0.3, 0.4) is 0 Å². The highest BCUT2D eigenvalue weighted by Gasteiger charge is 2.68. The van der Waals surface area contributed by atoms with Gasteiger partial charge < -0.3 is 34.1 Å². The summed E-state index contributed by atoms with van der Waals surface area (Å²) in [5.41, 5.74) is -0.665. The van der Waals surface area contributed by atoms with Crippen LogP contribution in [0.15, 0.2) is 12.7 Å². The lowest BCUT2D eigenvalue weighted by Gasteiger charge is -2.36. The van der Waals surface area contributed by atoms with Crippen molar-refractivity contribution in [2.45, 2.75) is 110 Å². The van der Waals surface area contributed by atoms with Crippen LogP contribution in [-0.4, -0.2) is 78.7 Å². The molecule has 1 saturated heterocycles. The normalized spacial score (nSPS) is 27.8. The van der Waals surface area contributed by atoms with Gasteiger partial charge in [0.25, 0.3) is 0 Å². The fraction of sp³-hybridized carbons (Fsp3) is 0.821. The quantitative estimate of drug-likeness (QED) is 0.241. The van der Waals surface area contributed by atoms with Gasteiger partial charge in [0.05, 0.1) is 19.3 Å². The maximum Gasteiger partial charge on any atom is 0.408 e. The largest absolute Gasteiger partial charge is 0.446 e. The smallest absolute Gasteiger partial charge is 0.408 e. The highest BCUT2D eigenvalue weighted by molar-refractivity contribution is 7.56. The fourth-order valence-corrected chi connectivity index (χ4v) is 8.15. The van der Waals surface area contributed by atoms with Crippen LogP contribution in [0.2, 0.25) is 0 Å². The van der Waals surface area contributed by atoms with Gasteiger partial charge in [0.1, 0.15) is 23.5 Å². The second kappa shape index (κ2) is 13.4. The van der Waals surface area contributed by atoms with Crippen LogP contribution in [0.5, 0.6) is 0 Å². The molecule has 5 atom stereocenters. The van der Waals surface area contributed by atoms with E-state index >= 15 is 0 Å². The average molecular weight is 586 g/mol. The molecule has 11 nitrogen and oxygen atoms in total. The Morgan fingerprint density at radius 3 is 2.20 bits per heavy atom. The second-order valence-corrected chi connectivity index (χ2v) is 14.2. The van der Waals surface area contributed by atoms with Crippen molar-refractivity contribution >= 4 is 25.5 Å². The number of amides is 3. The van der Waals surface area contributed by atoms with Crippen LogP contribution in [0.25, 0.3) is 0 Å². The zero-order chi connectivity index (χ0) is 29.7. The van der Waals surface area contributed by atoms with Gasteiger partial charge in [-0.15, -0.1) is 6.58 Å². The molecule has 228 valence electrons. The highest BCUT2D eigenvalue weighted by atomic mass is 31.2. The highest BCUT2D eigenvalue weighted by Crippen LogP contribution is 2.72. The molecule has 0 bridgehead atoms. The Morgan fingerprint density at radius 1 is 1.07 bits per heavy atom. The third kappa shape index (κ3) is 7.09. The van der Waals surface area contributed by atoms with Gasteiger partial charge in [-0.1, -0.05) is 26.8 Å². The van der Waals surface area contributed by atoms with Gasteiger partial charge in [0.2, 0.25) is 11.8 Å². The maximum absolute atomic E-state index is 14.0. The molecule has 1 aliphatic heterocycles. The van der Waals surface area contributed by atoms with E-state index in [-0.39, 0.29) is 44.3 Å². The number of alkyl carbamates (subject to hydrolysis) is 1. The lowest BCUT2D eigenvalue weighted by Crippen LogP contribution is -2.58. The molecule has 0 radical (unpaired) electrons. The van der Waals surface area contributed by atoms with Crippen molar-refractivity contribution in [1.82, 2.24) is 15.5 Å². The number of carbonyl (C=O) groups excluding carboxylic acids is 3. The zero-order valence-corrected chi connectivity index (χ0v) is 25.8. The average Bonchev–Trinajstić information content (AvgIpc) is 3.17. The Kier molecular flexibility index (Phi) is 10.9. The minimum Gasteiger partial charge on any atom is -0.446 e. The van der Waals surface area contributed by atoms with E-state index in [0.717, 1.165) is 25.7 Å². The fourth-order valence-electron chi connectivity index (χ4n) is 5.76. The number of nitrogens with one attached hydrogen (secondary N) is 2. The van der Waals surface area contributed by atoms with Gasteiger partial charge in [-0.2, -0.15) is 0 Å². The van der Waals surface area contributed by atoms with Gasteiger partial charge >= 0.3 is 13.7 Å². The molecule has 0 unspecified atom stereocenters. The Bertz CT molecular complexity index is 969. The predicted octanol–water partition coefficient (Wildman–Crippen LogP) is 4.36. The van der Waals surface area contributed by atoms with Crippen LogP contribution in [0.1, 0.15) is 80.1 Å². The Balaban J connectivity index is 1.84. The third-order valence-electron chi connectivity index (χ3n) is 7.90. The molecule has 0 aromatic heterocycles. The van der Waals surface area contributed by atoms with E-state index in [4.69, 9.17) is 18.5 Å². The molecule has 0 aromatic carbocycles. The SMILES string of the molecule is C=C[C@@H]1C[C@]1(NC(=O)[C@@H]1C[C@@H](OCC)CN1C(=O)[C@@H](NC(=O)OC1CCCC1)C(C)(C)C)P(=O)(OCC)OCC. The van der Waals surface area contributed by atoms with Gasteiger partial charge in [0.15, 0.2) is 0 Å². The van der Waals surface area contributed by atoms with Crippen molar-refractivity contribution in [3.63, 3.8) is 0 Å². The molecule has 40 heavy (non-hydrogen) atoms. The summed E-state index contributed by atoms with van der Waals surface area (Å²) in [6.45, 7) is 15.6.